The first-order valence-corrected chi connectivity index (χ1v) is 6.59. The van der Waals surface area contributed by atoms with Crippen LogP contribution < -0.4 is 5.32 Å². The largest absolute Gasteiger partial charge is 0.311 e. The van der Waals surface area contributed by atoms with E-state index in [0.717, 1.165) is 23.9 Å². The van der Waals surface area contributed by atoms with Gasteiger partial charge in [0.1, 0.15) is 0 Å². The van der Waals surface area contributed by atoms with E-state index >= 15 is 0 Å². The second kappa shape index (κ2) is 4.84. The summed E-state index contributed by atoms with van der Waals surface area (Å²) in [4.78, 5) is 2.46. The van der Waals surface area contributed by atoms with E-state index < -0.39 is 0 Å². The van der Waals surface area contributed by atoms with Gasteiger partial charge in [0.2, 0.25) is 0 Å². The standard InChI is InChI=1S/C13H26N2/c1-10-4-5-12(8-10)14-13-6-7-15(3)9-11(13)2/h10-14H,4-9H2,1-3H3. The predicted molar refractivity (Wildman–Crippen MR) is 65.0 cm³/mol. The zero-order chi connectivity index (χ0) is 10.8. The molecule has 4 atom stereocenters. The fourth-order valence-corrected chi connectivity index (χ4v) is 3.26. The highest BCUT2D eigenvalue weighted by Crippen LogP contribution is 2.26. The van der Waals surface area contributed by atoms with Gasteiger partial charge in [-0.05, 0) is 51.1 Å². The molecule has 88 valence electrons. The minimum atomic E-state index is 0.775. The number of hydrogen-bond donors (Lipinski definition) is 1. The number of nitrogens with zero attached hydrogens (tertiary/aromatic N) is 1. The Hall–Kier alpha value is -0.0800. The molecular formula is C13H26N2. The average molecular weight is 210 g/mol. The molecule has 0 aromatic heterocycles. The minimum absolute atomic E-state index is 0.775. The van der Waals surface area contributed by atoms with Gasteiger partial charge in [0.25, 0.3) is 0 Å². The molecule has 0 aromatic carbocycles. The molecule has 2 heteroatoms. The number of rotatable bonds is 2. The number of nitrogens with one attached hydrogen (secondary N) is 1. The molecule has 1 heterocycles. The number of piperidine rings is 1. The summed E-state index contributed by atoms with van der Waals surface area (Å²) in [7, 11) is 2.24. The molecule has 0 spiro atoms. The molecular weight excluding hydrogens is 184 g/mol. The van der Waals surface area contributed by atoms with Gasteiger partial charge >= 0.3 is 0 Å². The number of hydrogen-bond acceptors (Lipinski definition) is 2. The van der Waals surface area contributed by atoms with E-state index in [2.05, 4.69) is 31.1 Å². The summed E-state index contributed by atoms with van der Waals surface area (Å²) in [6.07, 6.45) is 5.57. The maximum absolute atomic E-state index is 3.89. The highest BCUT2D eigenvalue weighted by atomic mass is 15.1. The Morgan fingerprint density at radius 1 is 1.13 bits per heavy atom. The zero-order valence-electron chi connectivity index (χ0n) is 10.5. The first-order valence-electron chi connectivity index (χ1n) is 6.59. The maximum atomic E-state index is 3.89. The molecule has 1 N–H and O–H groups in total. The lowest BCUT2D eigenvalue weighted by Crippen LogP contribution is -2.49. The summed E-state index contributed by atoms with van der Waals surface area (Å²) in [6, 6.07) is 1.59. The van der Waals surface area contributed by atoms with Crippen molar-refractivity contribution in [3.05, 3.63) is 0 Å². The van der Waals surface area contributed by atoms with Crippen LogP contribution in [0.3, 0.4) is 0 Å². The third kappa shape index (κ3) is 2.94. The number of likely N-dealkylation sites (tertiary alicyclic amines) is 1. The van der Waals surface area contributed by atoms with Crippen LogP contribution in [0.15, 0.2) is 0 Å². The van der Waals surface area contributed by atoms with Crippen molar-refractivity contribution in [2.45, 2.75) is 51.6 Å². The Kier molecular flexibility index (Phi) is 3.68. The van der Waals surface area contributed by atoms with Gasteiger partial charge in [-0.15, -0.1) is 0 Å². The van der Waals surface area contributed by atoms with Crippen LogP contribution in [0.5, 0.6) is 0 Å². The maximum Gasteiger partial charge on any atom is 0.0120 e. The molecule has 0 bridgehead atoms. The quantitative estimate of drug-likeness (QED) is 0.751. The van der Waals surface area contributed by atoms with Gasteiger partial charge in [-0.25, -0.2) is 0 Å². The van der Waals surface area contributed by atoms with E-state index in [0.29, 0.717) is 0 Å². The van der Waals surface area contributed by atoms with Crippen molar-refractivity contribution < 1.29 is 0 Å². The topological polar surface area (TPSA) is 15.3 Å². The van der Waals surface area contributed by atoms with Crippen molar-refractivity contribution in [3.8, 4) is 0 Å². The summed E-state index contributed by atoms with van der Waals surface area (Å²) in [6.45, 7) is 7.32. The van der Waals surface area contributed by atoms with E-state index in [1.165, 1.54) is 38.8 Å². The van der Waals surface area contributed by atoms with Gasteiger partial charge in [-0.2, -0.15) is 0 Å². The van der Waals surface area contributed by atoms with E-state index in [9.17, 15) is 0 Å². The molecule has 0 amide bonds. The average Bonchev–Trinajstić information content (AvgIpc) is 2.56. The fourth-order valence-electron chi connectivity index (χ4n) is 3.26. The molecule has 15 heavy (non-hydrogen) atoms. The third-order valence-electron chi connectivity index (χ3n) is 4.25. The monoisotopic (exact) mass is 210 g/mol. The van der Waals surface area contributed by atoms with Crippen LogP contribution in [0.4, 0.5) is 0 Å². The van der Waals surface area contributed by atoms with Crippen molar-refractivity contribution in [1.82, 2.24) is 10.2 Å². The van der Waals surface area contributed by atoms with Crippen LogP contribution in [0, 0.1) is 11.8 Å². The van der Waals surface area contributed by atoms with Crippen molar-refractivity contribution in [3.63, 3.8) is 0 Å². The van der Waals surface area contributed by atoms with Crippen LogP contribution in [-0.4, -0.2) is 37.1 Å². The van der Waals surface area contributed by atoms with Crippen molar-refractivity contribution in [2.75, 3.05) is 20.1 Å². The molecule has 2 aliphatic rings. The summed E-state index contributed by atoms with van der Waals surface area (Å²) >= 11 is 0. The van der Waals surface area contributed by atoms with Gasteiger partial charge < -0.3 is 10.2 Å². The second-order valence-electron chi connectivity index (χ2n) is 5.92. The van der Waals surface area contributed by atoms with Gasteiger partial charge in [-0.1, -0.05) is 13.8 Å². The van der Waals surface area contributed by atoms with Crippen LogP contribution in [-0.2, 0) is 0 Å². The molecule has 1 aliphatic carbocycles. The molecule has 2 fully saturated rings. The second-order valence-corrected chi connectivity index (χ2v) is 5.92. The van der Waals surface area contributed by atoms with E-state index in [1.807, 2.05) is 0 Å². The summed E-state index contributed by atoms with van der Waals surface area (Å²) < 4.78 is 0. The summed E-state index contributed by atoms with van der Waals surface area (Å²) in [5.74, 6) is 1.77. The lowest BCUT2D eigenvalue weighted by molar-refractivity contribution is 0.166. The molecule has 1 saturated carbocycles. The van der Waals surface area contributed by atoms with Crippen LogP contribution >= 0.6 is 0 Å². The highest BCUT2D eigenvalue weighted by molar-refractivity contribution is 4.87. The van der Waals surface area contributed by atoms with E-state index in [-0.39, 0.29) is 0 Å². The first-order chi connectivity index (χ1) is 7.15. The molecule has 2 rings (SSSR count). The van der Waals surface area contributed by atoms with Crippen molar-refractivity contribution >= 4 is 0 Å². The molecule has 0 aromatic rings. The molecule has 0 radical (unpaired) electrons. The van der Waals surface area contributed by atoms with Gasteiger partial charge in [0.05, 0.1) is 0 Å². The smallest absolute Gasteiger partial charge is 0.0120 e. The van der Waals surface area contributed by atoms with Crippen molar-refractivity contribution in [1.29, 1.82) is 0 Å². The van der Waals surface area contributed by atoms with Crippen molar-refractivity contribution in [2.24, 2.45) is 11.8 Å². The Morgan fingerprint density at radius 3 is 2.53 bits per heavy atom. The fraction of sp³-hybridized carbons (Fsp3) is 1.00. The van der Waals surface area contributed by atoms with Crippen LogP contribution in [0.1, 0.15) is 39.5 Å². The molecule has 1 aliphatic heterocycles. The SMILES string of the molecule is CC1CCC(NC2CCN(C)CC2C)C1. The Labute approximate surface area is 94.4 Å². The van der Waals surface area contributed by atoms with Gasteiger partial charge in [-0.3, -0.25) is 0 Å². The Morgan fingerprint density at radius 2 is 1.93 bits per heavy atom. The predicted octanol–water partition coefficient (Wildman–Crippen LogP) is 2.10. The normalized spacial score (nSPS) is 43.4. The van der Waals surface area contributed by atoms with E-state index in [1.54, 1.807) is 0 Å². The van der Waals surface area contributed by atoms with Gasteiger partial charge in [0.15, 0.2) is 0 Å². The lowest BCUT2D eigenvalue weighted by atomic mass is 9.93. The van der Waals surface area contributed by atoms with Crippen LogP contribution in [0.2, 0.25) is 0 Å². The Balaban J connectivity index is 1.79. The molecule has 4 unspecified atom stereocenters. The first kappa shape index (κ1) is 11.4. The summed E-state index contributed by atoms with van der Waals surface area (Å²) in [5.41, 5.74) is 0. The lowest BCUT2D eigenvalue weighted by Gasteiger charge is -2.37. The highest BCUT2D eigenvalue weighted by Gasteiger charge is 2.28. The molecule has 1 saturated heterocycles. The molecule has 2 nitrogen and oxygen atoms in total. The summed E-state index contributed by atoms with van der Waals surface area (Å²) in [5, 5.41) is 3.89. The van der Waals surface area contributed by atoms with E-state index in [4.69, 9.17) is 0 Å². The third-order valence-corrected chi connectivity index (χ3v) is 4.25. The van der Waals surface area contributed by atoms with Gasteiger partial charge in [0, 0.05) is 18.6 Å². The van der Waals surface area contributed by atoms with Crippen LogP contribution in [0.25, 0.3) is 0 Å². The Bertz CT molecular complexity index is 205. The zero-order valence-corrected chi connectivity index (χ0v) is 10.5. The minimum Gasteiger partial charge on any atom is -0.311 e.